The highest BCUT2D eigenvalue weighted by molar-refractivity contribution is 4.90. The summed E-state index contributed by atoms with van der Waals surface area (Å²) >= 11 is 0. The van der Waals surface area contributed by atoms with E-state index in [0.29, 0.717) is 11.5 Å². The molecule has 102 valence electrons. The first-order valence-electron chi connectivity index (χ1n) is 6.95. The van der Waals surface area contributed by atoms with Crippen molar-refractivity contribution in [3.05, 3.63) is 0 Å². The second-order valence-electron chi connectivity index (χ2n) is 6.44. The van der Waals surface area contributed by atoms with Gasteiger partial charge in [-0.3, -0.25) is 11.3 Å². The Bertz CT molecular complexity index is 222. The fourth-order valence-electron chi connectivity index (χ4n) is 2.93. The molecule has 0 saturated heterocycles. The van der Waals surface area contributed by atoms with Gasteiger partial charge in [0, 0.05) is 13.2 Å². The van der Waals surface area contributed by atoms with E-state index >= 15 is 0 Å². The van der Waals surface area contributed by atoms with Gasteiger partial charge in [-0.2, -0.15) is 0 Å². The first-order valence-corrected chi connectivity index (χ1v) is 6.95. The summed E-state index contributed by atoms with van der Waals surface area (Å²) in [6.07, 6.45) is 8.83. The van der Waals surface area contributed by atoms with Crippen molar-refractivity contribution >= 4 is 0 Å². The first-order chi connectivity index (χ1) is 7.93. The molecule has 0 aromatic carbocycles. The van der Waals surface area contributed by atoms with Gasteiger partial charge in [-0.25, -0.2) is 0 Å². The molecular weight excluding hydrogens is 212 g/mol. The van der Waals surface area contributed by atoms with E-state index in [1.807, 2.05) is 0 Å². The molecule has 3 nitrogen and oxygen atoms in total. The van der Waals surface area contributed by atoms with E-state index in [2.05, 4.69) is 26.2 Å². The molecule has 1 rings (SSSR count). The summed E-state index contributed by atoms with van der Waals surface area (Å²) in [4.78, 5) is 0. The van der Waals surface area contributed by atoms with Gasteiger partial charge >= 0.3 is 0 Å². The summed E-state index contributed by atoms with van der Waals surface area (Å²) in [5, 5.41) is 0. The summed E-state index contributed by atoms with van der Waals surface area (Å²) in [5.41, 5.74) is 3.38. The standard InChI is InChI=1S/C14H30N2O/c1-13(2,17-4)11-8-12(16-15)14(3)9-6-5-7-10-14/h12,16H,5-11,15H2,1-4H3. The van der Waals surface area contributed by atoms with Crippen LogP contribution in [0.25, 0.3) is 0 Å². The molecule has 1 aliphatic rings. The van der Waals surface area contributed by atoms with E-state index in [9.17, 15) is 0 Å². The van der Waals surface area contributed by atoms with Crippen molar-refractivity contribution in [1.29, 1.82) is 0 Å². The van der Waals surface area contributed by atoms with Crippen LogP contribution in [-0.4, -0.2) is 18.8 Å². The van der Waals surface area contributed by atoms with Crippen molar-refractivity contribution in [3.63, 3.8) is 0 Å². The van der Waals surface area contributed by atoms with Crippen LogP contribution in [0.1, 0.15) is 65.7 Å². The van der Waals surface area contributed by atoms with Crippen LogP contribution in [-0.2, 0) is 4.74 Å². The van der Waals surface area contributed by atoms with Crippen molar-refractivity contribution < 1.29 is 4.74 Å². The van der Waals surface area contributed by atoms with Crippen LogP contribution in [0.2, 0.25) is 0 Å². The van der Waals surface area contributed by atoms with Crippen LogP contribution in [0.15, 0.2) is 0 Å². The number of methoxy groups -OCH3 is 1. The minimum Gasteiger partial charge on any atom is -0.379 e. The number of nitrogens with one attached hydrogen (secondary N) is 1. The quantitative estimate of drug-likeness (QED) is 0.556. The van der Waals surface area contributed by atoms with Crippen molar-refractivity contribution in [2.24, 2.45) is 11.3 Å². The van der Waals surface area contributed by atoms with Crippen molar-refractivity contribution in [3.8, 4) is 0 Å². The van der Waals surface area contributed by atoms with Crippen LogP contribution >= 0.6 is 0 Å². The average molecular weight is 242 g/mol. The molecule has 0 aliphatic heterocycles. The zero-order valence-electron chi connectivity index (χ0n) is 12.0. The monoisotopic (exact) mass is 242 g/mol. The number of nitrogens with two attached hydrogens (primary N) is 1. The normalized spacial score (nSPS) is 22.4. The zero-order chi connectivity index (χ0) is 12.9. The third-order valence-corrected chi connectivity index (χ3v) is 4.63. The zero-order valence-corrected chi connectivity index (χ0v) is 12.0. The predicted molar refractivity (Wildman–Crippen MR) is 72.6 cm³/mol. The Morgan fingerprint density at radius 2 is 1.88 bits per heavy atom. The van der Waals surface area contributed by atoms with Crippen molar-refractivity contribution in [2.45, 2.75) is 77.4 Å². The van der Waals surface area contributed by atoms with Gasteiger partial charge in [-0.15, -0.1) is 0 Å². The molecule has 0 spiro atoms. The van der Waals surface area contributed by atoms with E-state index in [4.69, 9.17) is 10.6 Å². The Balaban J connectivity index is 2.52. The minimum absolute atomic E-state index is 0.0415. The molecule has 1 unspecified atom stereocenters. The summed E-state index contributed by atoms with van der Waals surface area (Å²) in [6.45, 7) is 6.67. The second kappa shape index (κ2) is 6.17. The lowest BCUT2D eigenvalue weighted by atomic mass is 9.69. The lowest BCUT2D eigenvalue weighted by Gasteiger charge is -2.41. The topological polar surface area (TPSA) is 47.3 Å². The third-order valence-electron chi connectivity index (χ3n) is 4.63. The van der Waals surface area contributed by atoms with Gasteiger partial charge in [-0.05, 0) is 44.9 Å². The van der Waals surface area contributed by atoms with E-state index in [1.165, 1.54) is 32.1 Å². The lowest BCUT2D eigenvalue weighted by Crippen LogP contribution is -2.48. The van der Waals surface area contributed by atoms with Gasteiger partial charge in [0.1, 0.15) is 0 Å². The van der Waals surface area contributed by atoms with Gasteiger partial charge in [-0.1, -0.05) is 26.2 Å². The van der Waals surface area contributed by atoms with E-state index in [-0.39, 0.29) is 5.60 Å². The number of hydrogen-bond donors (Lipinski definition) is 2. The largest absolute Gasteiger partial charge is 0.379 e. The van der Waals surface area contributed by atoms with E-state index < -0.39 is 0 Å². The van der Waals surface area contributed by atoms with E-state index in [0.717, 1.165) is 12.8 Å². The van der Waals surface area contributed by atoms with E-state index in [1.54, 1.807) is 7.11 Å². The fourth-order valence-corrected chi connectivity index (χ4v) is 2.93. The molecular formula is C14H30N2O. The molecule has 3 N–H and O–H groups in total. The minimum atomic E-state index is -0.0415. The molecule has 0 aromatic heterocycles. The van der Waals surface area contributed by atoms with Gasteiger partial charge < -0.3 is 4.74 Å². The Hall–Kier alpha value is -0.120. The Morgan fingerprint density at radius 3 is 2.35 bits per heavy atom. The summed E-state index contributed by atoms with van der Waals surface area (Å²) < 4.78 is 5.48. The summed E-state index contributed by atoms with van der Waals surface area (Å²) in [5.74, 6) is 5.77. The maximum absolute atomic E-state index is 5.77. The fraction of sp³-hybridized carbons (Fsp3) is 1.00. The average Bonchev–Trinajstić information content (AvgIpc) is 2.30. The van der Waals surface area contributed by atoms with Crippen molar-refractivity contribution in [1.82, 2.24) is 5.43 Å². The molecule has 0 heterocycles. The lowest BCUT2D eigenvalue weighted by molar-refractivity contribution is 0.00527. The van der Waals surface area contributed by atoms with Gasteiger partial charge in [0.25, 0.3) is 0 Å². The number of rotatable bonds is 6. The maximum atomic E-state index is 5.77. The molecule has 3 heteroatoms. The molecule has 0 amide bonds. The maximum Gasteiger partial charge on any atom is 0.0623 e. The molecule has 1 fully saturated rings. The highest BCUT2D eigenvalue weighted by Crippen LogP contribution is 2.40. The van der Waals surface area contributed by atoms with Crippen LogP contribution in [0.5, 0.6) is 0 Å². The molecule has 0 radical (unpaired) electrons. The SMILES string of the molecule is COC(C)(C)CCC(NN)C1(C)CCCCC1. The molecule has 17 heavy (non-hydrogen) atoms. The van der Waals surface area contributed by atoms with Crippen LogP contribution in [0.4, 0.5) is 0 Å². The smallest absolute Gasteiger partial charge is 0.0623 e. The van der Waals surface area contributed by atoms with Crippen molar-refractivity contribution in [2.75, 3.05) is 7.11 Å². The van der Waals surface area contributed by atoms with Gasteiger partial charge in [0.15, 0.2) is 0 Å². The Morgan fingerprint density at radius 1 is 1.29 bits per heavy atom. The number of ether oxygens (including phenoxy) is 1. The highest BCUT2D eigenvalue weighted by atomic mass is 16.5. The number of hydrogen-bond acceptors (Lipinski definition) is 3. The molecule has 0 aromatic rings. The molecule has 1 saturated carbocycles. The predicted octanol–water partition coefficient (Wildman–Crippen LogP) is 2.99. The van der Waals surface area contributed by atoms with Gasteiger partial charge in [0.2, 0.25) is 0 Å². The summed E-state index contributed by atoms with van der Waals surface area (Å²) in [7, 11) is 1.78. The number of hydrazine groups is 1. The van der Waals surface area contributed by atoms with Crippen LogP contribution in [0, 0.1) is 5.41 Å². The molecule has 1 atom stereocenters. The summed E-state index contributed by atoms with van der Waals surface area (Å²) in [6, 6.07) is 0.414. The van der Waals surface area contributed by atoms with Crippen LogP contribution in [0.3, 0.4) is 0 Å². The Labute approximate surface area is 106 Å². The van der Waals surface area contributed by atoms with Gasteiger partial charge in [0.05, 0.1) is 5.60 Å². The molecule has 1 aliphatic carbocycles. The molecule has 0 bridgehead atoms. The first kappa shape index (κ1) is 14.9. The Kier molecular flexibility index (Phi) is 5.42. The van der Waals surface area contributed by atoms with Crippen LogP contribution < -0.4 is 11.3 Å². The highest BCUT2D eigenvalue weighted by Gasteiger charge is 2.35. The second-order valence-corrected chi connectivity index (χ2v) is 6.44. The third kappa shape index (κ3) is 4.23.